The molecule has 0 spiro atoms. The minimum atomic E-state index is -4.13. The van der Waals surface area contributed by atoms with Crippen LogP contribution in [0, 0.1) is 6.92 Å². The van der Waals surface area contributed by atoms with Crippen LogP contribution in [0.25, 0.3) is 0 Å². The lowest BCUT2D eigenvalue weighted by Crippen LogP contribution is -2.45. The number of carbonyl (C=O) groups is 2. The van der Waals surface area contributed by atoms with Crippen molar-refractivity contribution in [3.8, 4) is 0 Å². The van der Waals surface area contributed by atoms with Gasteiger partial charge in [0.05, 0.1) is 10.6 Å². The predicted octanol–water partition coefficient (Wildman–Crippen LogP) is 4.46. The molecule has 4 rings (SSSR count). The maximum absolute atomic E-state index is 13.2. The molecule has 32 heavy (non-hydrogen) atoms. The Balaban J connectivity index is 1.58. The highest BCUT2D eigenvalue weighted by atomic mass is 32.2. The summed E-state index contributed by atoms with van der Waals surface area (Å²) in [7, 11) is -4.13. The monoisotopic (exact) mass is 466 g/mol. The molecule has 1 atom stereocenters. The number of aryl methyl sites for hydroxylation is 1. The van der Waals surface area contributed by atoms with Crippen molar-refractivity contribution in [1.82, 2.24) is 4.31 Å². The van der Waals surface area contributed by atoms with Crippen molar-refractivity contribution < 1.29 is 18.0 Å². The smallest absolute Gasteiger partial charge is 0.267 e. The first-order valence-electron chi connectivity index (χ1n) is 10.1. The van der Waals surface area contributed by atoms with Crippen molar-refractivity contribution >= 4 is 39.3 Å². The number of hydrogen-bond acceptors (Lipinski definition) is 5. The van der Waals surface area contributed by atoms with E-state index in [1.807, 2.05) is 49.4 Å². The maximum Gasteiger partial charge on any atom is 0.267 e. The summed E-state index contributed by atoms with van der Waals surface area (Å²) in [6.45, 7) is 1.85. The molecular weight excluding hydrogens is 444 g/mol. The highest BCUT2D eigenvalue weighted by Crippen LogP contribution is 2.34. The molecule has 0 aliphatic carbocycles. The zero-order valence-electron chi connectivity index (χ0n) is 17.4. The van der Waals surface area contributed by atoms with Gasteiger partial charge in [0.15, 0.2) is 0 Å². The van der Waals surface area contributed by atoms with E-state index in [1.165, 1.54) is 23.9 Å². The third kappa shape index (κ3) is 4.56. The first-order valence-corrected chi connectivity index (χ1v) is 12.4. The summed E-state index contributed by atoms with van der Waals surface area (Å²) in [5.41, 5.74) is 1.47. The Labute approximate surface area is 191 Å². The van der Waals surface area contributed by atoms with E-state index in [2.05, 4.69) is 5.32 Å². The normalized spacial score (nSPS) is 16.2. The molecule has 0 unspecified atom stereocenters. The molecular formula is C24H22N2O4S2. The number of hydrogen-bond donors (Lipinski definition) is 1. The van der Waals surface area contributed by atoms with Crippen LogP contribution in [0.5, 0.6) is 0 Å². The standard InChI is InChI=1S/C24H22N2O4S2/c1-17-11-13-19(14-12-17)32(29,30)26-21(15-16-23(26)27)24(28)25-20-9-5-6-10-22(20)31-18-7-3-2-4-8-18/h2-14,21H,15-16H2,1H3,(H,25,28)/t21-/m0/s1. The summed E-state index contributed by atoms with van der Waals surface area (Å²) in [6, 6.07) is 22.2. The van der Waals surface area contributed by atoms with Crippen molar-refractivity contribution in [3.63, 3.8) is 0 Å². The summed E-state index contributed by atoms with van der Waals surface area (Å²) >= 11 is 1.49. The SMILES string of the molecule is Cc1ccc(S(=O)(=O)N2C(=O)CC[C@H]2C(=O)Nc2ccccc2Sc2ccccc2)cc1. The Bertz CT molecular complexity index is 1240. The number of sulfonamides is 1. The Morgan fingerprint density at radius 2 is 1.62 bits per heavy atom. The second-order valence-electron chi connectivity index (χ2n) is 7.46. The van der Waals surface area contributed by atoms with Crippen LogP contribution < -0.4 is 5.32 Å². The summed E-state index contributed by atoms with van der Waals surface area (Å²) in [6.07, 6.45) is 0.146. The van der Waals surface area contributed by atoms with Crippen molar-refractivity contribution in [2.45, 2.75) is 40.5 Å². The Morgan fingerprint density at radius 3 is 2.34 bits per heavy atom. The largest absolute Gasteiger partial charge is 0.323 e. The minimum Gasteiger partial charge on any atom is -0.323 e. The molecule has 8 heteroatoms. The molecule has 1 N–H and O–H groups in total. The number of carbonyl (C=O) groups excluding carboxylic acids is 2. The maximum atomic E-state index is 13.2. The van der Waals surface area contributed by atoms with Crippen LogP contribution in [0.15, 0.2) is 93.5 Å². The molecule has 3 aromatic rings. The first-order chi connectivity index (χ1) is 15.4. The summed E-state index contributed by atoms with van der Waals surface area (Å²) in [5.74, 6) is -1.09. The third-order valence-electron chi connectivity index (χ3n) is 5.16. The number of amides is 2. The molecule has 1 fully saturated rings. The molecule has 0 radical (unpaired) electrons. The fraction of sp³-hybridized carbons (Fsp3) is 0.167. The van der Waals surface area contributed by atoms with Crippen LogP contribution in [-0.4, -0.2) is 30.6 Å². The van der Waals surface area contributed by atoms with Gasteiger partial charge in [-0.3, -0.25) is 9.59 Å². The van der Waals surface area contributed by atoms with E-state index >= 15 is 0 Å². The van der Waals surface area contributed by atoms with Gasteiger partial charge in [-0.2, -0.15) is 0 Å². The second-order valence-corrected chi connectivity index (χ2v) is 10.4. The first kappa shape index (κ1) is 22.1. The van der Waals surface area contributed by atoms with E-state index in [0.717, 1.165) is 19.7 Å². The Hall–Kier alpha value is -3.10. The Kier molecular flexibility index (Phi) is 6.34. The molecule has 0 saturated carbocycles. The molecule has 6 nitrogen and oxygen atoms in total. The van der Waals surface area contributed by atoms with Gasteiger partial charge in [-0.1, -0.05) is 59.8 Å². The quantitative estimate of drug-likeness (QED) is 0.580. The lowest BCUT2D eigenvalue weighted by Gasteiger charge is -2.24. The molecule has 0 aromatic heterocycles. The van der Waals surface area contributed by atoms with Crippen LogP contribution in [0.1, 0.15) is 18.4 Å². The van der Waals surface area contributed by atoms with Crippen LogP contribution in [0.4, 0.5) is 5.69 Å². The fourth-order valence-corrected chi connectivity index (χ4v) is 6.04. The third-order valence-corrected chi connectivity index (χ3v) is 8.08. The predicted molar refractivity (Wildman–Crippen MR) is 124 cm³/mol. The topological polar surface area (TPSA) is 83.6 Å². The summed E-state index contributed by atoms with van der Waals surface area (Å²) in [5, 5.41) is 2.84. The van der Waals surface area contributed by atoms with E-state index < -0.39 is 27.9 Å². The van der Waals surface area contributed by atoms with Gasteiger partial charge in [0.2, 0.25) is 11.8 Å². The van der Waals surface area contributed by atoms with Gasteiger partial charge >= 0.3 is 0 Å². The van der Waals surface area contributed by atoms with Crippen molar-refractivity contribution in [2.75, 3.05) is 5.32 Å². The van der Waals surface area contributed by atoms with E-state index in [4.69, 9.17) is 0 Å². The van der Waals surface area contributed by atoms with Gasteiger partial charge in [0.1, 0.15) is 6.04 Å². The summed E-state index contributed by atoms with van der Waals surface area (Å²) in [4.78, 5) is 27.5. The lowest BCUT2D eigenvalue weighted by molar-refractivity contribution is -0.128. The molecule has 0 bridgehead atoms. The molecule has 1 aliphatic rings. The molecule has 1 aliphatic heterocycles. The number of nitrogens with one attached hydrogen (secondary N) is 1. The van der Waals surface area contributed by atoms with Crippen molar-refractivity contribution in [1.29, 1.82) is 0 Å². The molecule has 3 aromatic carbocycles. The zero-order chi connectivity index (χ0) is 22.7. The number of anilines is 1. The second kappa shape index (κ2) is 9.18. The molecule has 1 heterocycles. The number of rotatable bonds is 6. The van der Waals surface area contributed by atoms with Crippen LogP contribution in [0.2, 0.25) is 0 Å². The molecule has 2 amide bonds. The van der Waals surface area contributed by atoms with Crippen molar-refractivity contribution in [3.05, 3.63) is 84.4 Å². The zero-order valence-corrected chi connectivity index (χ0v) is 19.0. The Morgan fingerprint density at radius 1 is 0.969 bits per heavy atom. The van der Waals surface area contributed by atoms with Crippen molar-refractivity contribution in [2.24, 2.45) is 0 Å². The number of nitrogens with zero attached hydrogens (tertiary/aromatic N) is 1. The highest BCUT2D eigenvalue weighted by Gasteiger charge is 2.44. The summed E-state index contributed by atoms with van der Waals surface area (Å²) < 4.78 is 27.0. The molecule has 1 saturated heterocycles. The van der Waals surface area contributed by atoms with Gasteiger partial charge in [0.25, 0.3) is 10.0 Å². The fourth-order valence-electron chi connectivity index (χ4n) is 3.51. The van der Waals surface area contributed by atoms with E-state index in [0.29, 0.717) is 5.69 Å². The van der Waals surface area contributed by atoms with Crippen LogP contribution >= 0.6 is 11.8 Å². The lowest BCUT2D eigenvalue weighted by atomic mass is 10.2. The van der Waals surface area contributed by atoms with Gasteiger partial charge < -0.3 is 5.32 Å². The number of para-hydroxylation sites is 1. The molecule has 164 valence electrons. The van der Waals surface area contributed by atoms with Gasteiger partial charge in [-0.15, -0.1) is 0 Å². The number of benzene rings is 3. The van der Waals surface area contributed by atoms with E-state index in [1.54, 1.807) is 24.3 Å². The highest BCUT2D eigenvalue weighted by molar-refractivity contribution is 7.99. The average Bonchev–Trinajstić information content (AvgIpc) is 3.18. The van der Waals surface area contributed by atoms with Gasteiger partial charge in [-0.05, 0) is 49.7 Å². The van der Waals surface area contributed by atoms with E-state index in [-0.39, 0.29) is 17.7 Å². The van der Waals surface area contributed by atoms with E-state index in [9.17, 15) is 18.0 Å². The van der Waals surface area contributed by atoms with Crippen LogP contribution in [0.3, 0.4) is 0 Å². The minimum absolute atomic E-state index is 0.00353. The van der Waals surface area contributed by atoms with Crippen LogP contribution in [-0.2, 0) is 19.6 Å². The van der Waals surface area contributed by atoms with Gasteiger partial charge in [-0.25, -0.2) is 12.7 Å². The van der Waals surface area contributed by atoms with Gasteiger partial charge in [0, 0.05) is 16.2 Å². The average molecular weight is 467 g/mol.